The second-order valence-corrected chi connectivity index (χ2v) is 7.36. The van der Waals surface area contributed by atoms with Gasteiger partial charge in [-0.3, -0.25) is 8.42 Å². The standard InChI is InChI=1S/C15H16Cl2N2OS.Cu.H2O4S/c1-3-15(14(20)21,19-7-6-18-9-19)10(2)12-5-4-11(16)8-13(12)17;;1-5(2,3)4/h4-10H,3H2,1-2H3,(H,20,21);;(H2,1,2,3,4)/p-3. The van der Waals surface area contributed by atoms with E-state index in [1.165, 1.54) is 0 Å². The van der Waals surface area contributed by atoms with Crippen molar-refractivity contribution in [3.8, 4) is 0 Å². The average molecular weight is 502 g/mol. The molecule has 1 aromatic carbocycles. The molecule has 0 N–H and O–H groups in total. The largest absolute Gasteiger partial charge is 0.759 e. The monoisotopic (exact) mass is 500 g/mol. The average Bonchev–Trinajstić information content (AvgIpc) is 3.01. The molecule has 1 radical (unpaired) electrons. The summed E-state index contributed by atoms with van der Waals surface area (Å²) in [6, 6.07) is 5.29. The van der Waals surface area contributed by atoms with Gasteiger partial charge in [0.05, 0.1) is 11.9 Å². The van der Waals surface area contributed by atoms with Crippen molar-refractivity contribution in [1.82, 2.24) is 9.55 Å². The van der Waals surface area contributed by atoms with E-state index in [-0.39, 0.29) is 28.1 Å². The molecule has 2 atom stereocenters. The molecule has 1 aromatic heterocycles. The molecule has 2 rings (SSSR count). The van der Waals surface area contributed by atoms with Crippen LogP contribution in [0.3, 0.4) is 0 Å². The Labute approximate surface area is 183 Å². The summed E-state index contributed by atoms with van der Waals surface area (Å²) in [5, 5.41) is 0.760. The van der Waals surface area contributed by atoms with Crippen LogP contribution in [0, 0.1) is 0 Å². The van der Waals surface area contributed by atoms with Crippen LogP contribution in [-0.4, -0.2) is 32.2 Å². The van der Waals surface area contributed by atoms with Gasteiger partial charge in [-0.05, 0) is 24.1 Å². The first-order chi connectivity index (χ1) is 11.9. The molecule has 0 aliphatic rings. The first kappa shape index (κ1) is 26.3. The number of hydrogen-bond acceptors (Lipinski definition) is 7. The van der Waals surface area contributed by atoms with Gasteiger partial charge in [-0.15, -0.1) is 0 Å². The minimum absolute atomic E-state index is 0. The van der Waals surface area contributed by atoms with Gasteiger partial charge in [-0.2, -0.15) is 0 Å². The Morgan fingerprint density at radius 2 is 1.93 bits per heavy atom. The second kappa shape index (κ2) is 10.7. The number of hydrogen-bond donors (Lipinski definition) is 0. The molecule has 27 heavy (non-hydrogen) atoms. The van der Waals surface area contributed by atoms with Crippen LogP contribution in [0.1, 0.15) is 31.7 Å². The number of carbonyl (C=O) groups is 1. The summed E-state index contributed by atoms with van der Waals surface area (Å²) in [5.41, 5.74) is -0.0432. The molecule has 0 bridgehead atoms. The fourth-order valence-corrected chi connectivity index (χ4v) is 3.74. The minimum Gasteiger partial charge on any atom is -0.759 e. The predicted octanol–water partition coefficient (Wildman–Crippen LogP) is 2.83. The third kappa shape index (κ3) is 6.99. The van der Waals surface area contributed by atoms with Crippen molar-refractivity contribution in [3.63, 3.8) is 0 Å². The van der Waals surface area contributed by atoms with Crippen molar-refractivity contribution >= 4 is 51.3 Å². The summed E-state index contributed by atoms with van der Waals surface area (Å²) in [6.45, 7) is 3.88. The van der Waals surface area contributed by atoms with Crippen LogP contribution in [0.4, 0.5) is 0 Å². The summed E-state index contributed by atoms with van der Waals surface area (Å²) in [4.78, 5) is 16.3. The fraction of sp³-hybridized carbons (Fsp3) is 0.333. The van der Waals surface area contributed by atoms with Crippen molar-refractivity contribution in [2.24, 2.45) is 0 Å². The SMILES string of the molecule is CCC(C(=O)[S-])(C(C)c1ccc(Cl)cc1Cl)n1ccnc1.O=S(=O)([O-])[O-].[Cu]. The molecule has 155 valence electrons. The smallest absolute Gasteiger partial charge is 0.0954 e. The number of aromatic nitrogens is 2. The van der Waals surface area contributed by atoms with Crippen molar-refractivity contribution in [2.75, 3.05) is 0 Å². The number of benzene rings is 1. The van der Waals surface area contributed by atoms with Gasteiger partial charge in [0.15, 0.2) is 0 Å². The quantitative estimate of drug-likeness (QED) is 0.268. The maximum absolute atomic E-state index is 12.3. The summed E-state index contributed by atoms with van der Waals surface area (Å²) >= 11 is 17.3. The molecular weight excluding hydrogens is 487 g/mol. The molecule has 1 heterocycles. The van der Waals surface area contributed by atoms with Gasteiger partial charge in [-0.1, -0.05) is 43.1 Å². The van der Waals surface area contributed by atoms with Crippen molar-refractivity contribution in [3.05, 3.63) is 52.5 Å². The zero-order chi connectivity index (χ0) is 20.1. The maximum atomic E-state index is 12.3. The number of rotatable bonds is 5. The summed E-state index contributed by atoms with van der Waals surface area (Å²) in [5.74, 6) is -0.202. The third-order valence-electron chi connectivity index (χ3n) is 4.00. The summed E-state index contributed by atoms with van der Waals surface area (Å²) < 4.78 is 35.9. The summed E-state index contributed by atoms with van der Waals surface area (Å²) in [6.07, 6.45) is 5.56. The third-order valence-corrected chi connectivity index (χ3v) is 4.92. The van der Waals surface area contributed by atoms with E-state index in [1.807, 2.05) is 19.9 Å². The van der Waals surface area contributed by atoms with Crippen LogP contribution in [0.5, 0.6) is 0 Å². The van der Waals surface area contributed by atoms with Crippen LogP contribution in [-0.2, 0) is 50.4 Å². The van der Waals surface area contributed by atoms with E-state index in [9.17, 15) is 4.79 Å². The van der Waals surface area contributed by atoms with E-state index >= 15 is 0 Å². The van der Waals surface area contributed by atoms with E-state index in [2.05, 4.69) is 4.98 Å². The first-order valence-corrected chi connectivity index (χ1v) is 9.74. The summed E-state index contributed by atoms with van der Waals surface area (Å²) in [7, 11) is -5.17. The molecule has 0 fully saturated rings. The molecule has 0 spiro atoms. The van der Waals surface area contributed by atoms with E-state index in [0.717, 1.165) is 5.56 Å². The molecule has 2 aromatic rings. The van der Waals surface area contributed by atoms with Crippen LogP contribution in [0.2, 0.25) is 10.0 Å². The Morgan fingerprint density at radius 3 is 2.30 bits per heavy atom. The molecule has 0 amide bonds. The Balaban J connectivity index is 0.00000100. The van der Waals surface area contributed by atoms with Gasteiger partial charge in [-0.25, -0.2) is 4.98 Å². The number of carbonyl (C=O) groups excluding carboxylic acids is 1. The maximum Gasteiger partial charge on any atom is 0.0954 e. The number of nitrogens with zero attached hydrogens (tertiary/aromatic N) is 2. The van der Waals surface area contributed by atoms with Gasteiger partial charge in [0.1, 0.15) is 0 Å². The minimum atomic E-state index is -5.17. The van der Waals surface area contributed by atoms with Gasteiger partial charge < -0.3 is 31.1 Å². The Bertz CT molecular complexity index is 857. The van der Waals surface area contributed by atoms with Crippen LogP contribution in [0.25, 0.3) is 0 Å². The molecule has 0 aliphatic heterocycles. The zero-order valence-corrected chi connectivity index (χ0v) is 18.1. The predicted molar refractivity (Wildman–Crippen MR) is 98.2 cm³/mol. The molecule has 0 saturated heterocycles. The number of halogens is 2. The van der Waals surface area contributed by atoms with Gasteiger partial charge >= 0.3 is 0 Å². The van der Waals surface area contributed by atoms with Gasteiger partial charge in [0, 0.05) is 60.9 Å². The van der Waals surface area contributed by atoms with Crippen molar-refractivity contribution in [1.29, 1.82) is 0 Å². The van der Waals surface area contributed by atoms with Crippen molar-refractivity contribution < 1.29 is 39.4 Å². The van der Waals surface area contributed by atoms with Crippen molar-refractivity contribution in [2.45, 2.75) is 31.7 Å². The van der Waals surface area contributed by atoms with E-state index in [0.29, 0.717) is 16.5 Å². The van der Waals surface area contributed by atoms with Crippen LogP contribution < -0.4 is 0 Å². The molecule has 7 nitrogen and oxygen atoms in total. The molecular formula is C15H15Cl2CuN2O5S2-3. The Hall–Kier alpha value is -0.711. The zero-order valence-electron chi connectivity index (χ0n) is 14.1. The van der Waals surface area contributed by atoms with Gasteiger partial charge in [0.2, 0.25) is 0 Å². The fourth-order valence-electron chi connectivity index (χ4n) is 2.74. The number of imidazole rings is 1. The topological polar surface area (TPSA) is 115 Å². The Morgan fingerprint density at radius 1 is 1.37 bits per heavy atom. The second-order valence-electron chi connectivity index (χ2n) is 5.33. The first-order valence-electron chi connectivity index (χ1n) is 7.25. The normalized spacial score (nSPS) is 14.1. The molecule has 0 saturated carbocycles. The molecule has 2 unspecified atom stereocenters. The molecule has 12 heteroatoms. The van der Waals surface area contributed by atoms with E-state index < -0.39 is 15.9 Å². The molecule has 0 aliphatic carbocycles. The van der Waals surface area contributed by atoms with E-state index in [1.54, 1.807) is 35.4 Å². The van der Waals surface area contributed by atoms with E-state index in [4.69, 9.17) is 53.4 Å². The van der Waals surface area contributed by atoms with Gasteiger partial charge in [0.25, 0.3) is 0 Å². The van der Waals surface area contributed by atoms with Crippen LogP contribution >= 0.6 is 23.2 Å². The Kier molecular flexibility index (Phi) is 10.4. The van der Waals surface area contributed by atoms with Crippen LogP contribution in [0.15, 0.2) is 36.9 Å².